The molecule has 146 valence electrons. The summed E-state index contributed by atoms with van der Waals surface area (Å²) in [4.78, 5) is 4.98. The fourth-order valence-electron chi connectivity index (χ4n) is 3.78. The van der Waals surface area contributed by atoms with Gasteiger partial charge in [-0.3, -0.25) is 9.80 Å². The molecule has 0 amide bonds. The lowest BCUT2D eigenvalue weighted by atomic mass is 9.94. The molecular formula is C23H38N2O. The summed E-state index contributed by atoms with van der Waals surface area (Å²) < 4.78 is 5.43. The molecule has 26 heavy (non-hydrogen) atoms. The van der Waals surface area contributed by atoms with Gasteiger partial charge in [0.05, 0.1) is 13.2 Å². The number of allylic oxidation sites excluding steroid dienone is 4. The standard InChI is InChI=1S/C23H38N2O/c1-4-9-22(20-25-16-18-26-19-17-25)11-8-10-21(2)14-15-24(3)23-12-6-5-7-13-23/h4,8-9,11,14,23H,1,5-7,10,12-13,15-20H2,2-3H3/b11-8-,21-14+,22-9+. The Morgan fingerprint density at radius 2 is 1.92 bits per heavy atom. The van der Waals surface area contributed by atoms with Gasteiger partial charge in [-0.15, -0.1) is 0 Å². The molecule has 1 saturated carbocycles. The third-order valence-electron chi connectivity index (χ3n) is 5.54. The van der Waals surface area contributed by atoms with Crippen LogP contribution in [0.4, 0.5) is 0 Å². The number of nitrogens with zero attached hydrogens (tertiary/aromatic N) is 2. The summed E-state index contributed by atoms with van der Waals surface area (Å²) in [5, 5.41) is 0. The van der Waals surface area contributed by atoms with Crippen LogP contribution in [0.2, 0.25) is 0 Å². The molecule has 0 aromatic heterocycles. The minimum Gasteiger partial charge on any atom is -0.379 e. The molecule has 3 heteroatoms. The second kappa shape index (κ2) is 12.3. The van der Waals surface area contributed by atoms with Gasteiger partial charge in [0.25, 0.3) is 0 Å². The summed E-state index contributed by atoms with van der Waals surface area (Å²) in [6, 6.07) is 0.791. The van der Waals surface area contributed by atoms with E-state index < -0.39 is 0 Å². The van der Waals surface area contributed by atoms with E-state index in [0.29, 0.717) is 0 Å². The monoisotopic (exact) mass is 358 g/mol. The molecule has 2 rings (SSSR count). The average molecular weight is 359 g/mol. The number of hydrogen-bond acceptors (Lipinski definition) is 3. The summed E-state index contributed by atoms with van der Waals surface area (Å²) in [7, 11) is 2.28. The zero-order valence-electron chi connectivity index (χ0n) is 17.0. The van der Waals surface area contributed by atoms with E-state index in [0.717, 1.165) is 51.9 Å². The van der Waals surface area contributed by atoms with Crippen LogP contribution in [0.1, 0.15) is 45.4 Å². The molecule has 1 saturated heterocycles. The van der Waals surface area contributed by atoms with Crippen molar-refractivity contribution in [1.29, 1.82) is 0 Å². The lowest BCUT2D eigenvalue weighted by molar-refractivity contribution is 0.0426. The normalized spacial score (nSPS) is 21.7. The van der Waals surface area contributed by atoms with Gasteiger partial charge in [0, 0.05) is 32.2 Å². The molecule has 0 bridgehead atoms. The smallest absolute Gasteiger partial charge is 0.0594 e. The minimum absolute atomic E-state index is 0.791. The maximum Gasteiger partial charge on any atom is 0.0594 e. The van der Waals surface area contributed by atoms with Crippen LogP contribution in [0.3, 0.4) is 0 Å². The molecular weight excluding hydrogens is 320 g/mol. The number of likely N-dealkylation sites (N-methyl/N-ethyl adjacent to an activating group) is 1. The van der Waals surface area contributed by atoms with Crippen molar-refractivity contribution < 1.29 is 4.74 Å². The second-order valence-electron chi connectivity index (χ2n) is 7.75. The third-order valence-corrected chi connectivity index (χ3v) is 5.54. The maximum atomic E-state index is 5.43. The molecule has 0 aromatic rings. The Hall–Kier alpha value is -1.16. The summed E-state index contributed by atoms with van der Waals surface area (Å²) >= 11 is 0. The van der Waals surface area contributed by atoms with Gasteiger partial charge in [0.2, 0.25) is 0 Å². The first-order chi connectivity index (χ1) is 12.7. The molecule has 0 N–H and O–H groups in total. The molecule has 0 radical (unpaired) electrons. The van der Waals surface area contributed by atoms with Gasteiger partial charge in [-0.25, -0.2) is 0 Å². The Morgan fingerprint density at radius 3 is 2.62 bits per heavy atom. The van der Waals surface area contributed by atoms with Crippen molar-refractivity contribution >= 4 is 0 Å². The highest BCUT2D eigenvalue weighted by Gasteiger charge is 2.16. The molecule has 2 fully saturated rings. The van der Waals surface area contributed by atoms with Gasteiger partial charge >= 0.3 is 0 Å². The molecule has 0 spiro atoms. The van der Waals surface area contributed by atoms with Crippen LogP contribution in [-0.2, 0) is 4.74 Å². The topological polar surface area (TPSA) is 15.7 Å². The van der Waals surface area contributed by atoms with E-state index >= 15 is 0 Å². The van der Waals surface area contributed by atoms with Crippen LogP contribution >= 0.6 is 0 Å². The second-order valence-corrected chi connectivity index (χ2v) is 7.75. The van der Waals surface area contributed by atoms with Gasteiger partial charge in [0.15, 0.2) is 0 Å². The van der Waals surface area contributed by atoms with Gasteiger partial charge < -0.3 is 4.74 Å². The van der Waals surface area contributed by atoms with Crippen LogP contribution in [0.25, 0.3) is 0 Å². The lowest BCUT2D eigenvalue weighted by Crippen LogP contribution is -2.37. The van der Waals surface area contributed by atoms with E-state index in [4.69, 9.17) is 4.74 Å². The van der Waals surface area contributed by atoms with Crippen molar-refractivity contribution in [3.05, 3.63) is 48.1 Å². The maximum absolute atomic E-state index is 5.43. The van der Waals surface area contributed by atoms with Crippen LogP contribution in [-0.4, -0.2) is 62.3 Å². The van der Waals surface area contributed by atoms with E-state index in [9.17, 15) is 0 Å². The first-order valence-electron chi connectivity index (χ1n) is 10.3. The van der Waals surface area contributed by atoms with Crippen molar-refractivity contribution in [3.8, 4) is 0 Å². The molecule has 0 aromatic carbocycles. The SMILES string of the molecule is C=C/C=C(\C=C/C/C(C)=C/CN(C)C1CCCCC1)CN1CCOCC1. The van der Waals surface area contributed by atoms with Crippen LogP contribution < -0.4 is 0 Å². The van der Waals surface area contributed by atoms with Crippen LogP contribution in [0.15, 0.2) is 48.1 Å². The largest absolute Gasteiger partial charge is 0.379 e. The van der Waals surface area contributed by atoms with Crippen molar-refractivity contribution in [2.24, 2.45) is 0 Å². The Morgan fingerprint density at radius 1 is 1.19 bits per heavy atom. The fraction of sp³-hybridized carbons (Fsp3) is 0.652. The highest BCUT2D eigenvalue weighted by Crippen LogP contribution is 2.21. The van der Waals surface area contributed by atoms with E-state index in [-0.39, 0.29) is 0 Å². The van der Waals surface area contributed by atoms with E-state index in [1.807, 2.05) is 6.08 Å². The molecule has 0 unspecified atom stereocenters. The zero-order chi connectivity index (χ0) is 18.6. The van der Waals surface area contributed by atoms with Crippen molar-refractivity contribution in [1.82, 2.24) is 9.80 Å². The first-order valence-corrected chi connectivity index (χ1v) is 10.3. The quantitative estimate of drug-likeness (QED) is 0.443. The minimum atomic E-state index is 0.791. The number of ether oxygens (including phenoxy) is 1. The molecule has 1 aliphatic heterocycles. The van der Waals surface area contributed by atoms with Crippen molar-refractivity contribution in [2.75, 3.05) is 46.4 Å². The third kappa shape index (κ3) is 8.03. The fourth-order valence-corrected chi connectivity index (χ4v) is 3.78. The van der Waals surface area contributed by atoms with E-state index in [1.54, 1.807) is 0 Å². The number of morpholine rings is 1. The zero-order valence-corrected chi connectivity index (χ0v) is 17.0. The molecule has 1 aliphatic carbocycles. The molecule has 3 nitrogen and oxygen atoms in total. The number of hydrogen-bond donors (Lipinski definition) is 0. The Kier molecular flexibility index (Phi) is 9.98. The van der Waals surface area contributed by atoms with Gasteiger partial charge in [0.1, 0.15) is 0 Å². The molecule has 2 aliphatic rings. The van der Waals surface area contributed by atoms with Gasteiger partial charge in [-0.1, -0.05) is 61.8 Å². The van der Waals surface area contributed by atoms with Gasteiger partial charge in [-0.05, 0) is 38.8 Å². The lowest BCUT2D eigenvalue weighted by Gasteiger charge is -2.30. The number of rotatable bonds is 9. The highest BCUT2D eigenvalue weighted by atomic mass is 16.5. The van der Waals surface area contributed by atoms with Crippen molar-refractivity contribution in [3.63, 3.8) is 0 Å². The van der Waals surface area contributed by atoms with Crippen LogP contribution in [0.5, 0.6) is 0 Å². The average Bonchev–Trinajstić information content (AvgIpc) is 2.67. The summed E-state index contributed by atoms with van der Waals surface area (Å²) in [5.41, 5.74) is 2.78. The van der Waals surface area contributed by atoms with Crippen molar-refractivity contribution in [2.45, 2.75) is 51.5 Å². The van der Waals surface area contributed by atoms with E-state index in [1.165, 1.54) is 43.3 Å². The first kappa shape index (κ1) is 21.1. The Labute approximate surface area is 161 Å². The molecule has 1 heterocycles. The Balaban J connectivity index is 1.76. The Bertz CT molecular complexity index is 494. The summed E-state index contributed by atoms with van der Waals surface area (Å²) in [5.74, 6) is 0. The van der Waals surface area contributed by atoms with E-state index in [2.05, 4.69) is 54.7 Å². The summed E-state index contributed by atoms with van der Waals surface area (Å²) in [6.07, 6.45) is 19.0. The summed E-state index contributed by atoms with van der Waals surface area (Å²) in [6.45, 7) is 11.9. The predicted molar refractivity (Wildman–Crippen MR) is 113 cm³/mol. The van der Waals surface area contributed by atoms with Crippen LogP contribution in [0, 0.1) is 0 Å². The predicted octanol–water partition coefficient (Wildman–Crippen LogP) is 4.59. The van der Waals surface area contributed by atoms with Gasteiger partial charge in [-0.2, -0.15) is 0 Å². The molecule has 0 atom stereocenters. The highest BCUT2D eigenvalue weighted by molar-refractivity contribution is 5.25.